The Bertz CT molecular complexity index is 1910. The number of hydrogen-bond donors (Lipinski definition) is 5. The van der Waals surface area contributed by atoms with E-state index in [2.05, 4.69) is 46.8 Å². The summed E-state index contributed by atoms with van der Waals surface area (Å²) in [6, 6.07) is 21.6. The third kappa shape index (κ3) is 11.7. The van der Waals surface area contributed by atoms with Crippen molar-refractivity contribution in [2.75, 3.05) is 38.0 Å². The van der Waals surface area contributed by atoms with Crippen LogP contribution in [0.4, 0.5) is 10.5 Å². The topological polar surface area (TPSA) is 183 Å². The van der Waals surface area contributed by atoms with E-state index in [1.54, 1.807) is 24.3 Å². The highest BCUT2D eigenvalue weighted by Gasteiger charge is 2.30. The lowest BCUT2D eigenvalue weighted by molar-refractivity contribution is -0.130. The summed E-state index contributed by atoms with van der Waals surface area (Å²) in [6.07, 6.45) is 5.12. The van der Waals surface area contributed by atoms with Crippen LogP contribution in [0.3, 0.4) is 0 Å². The van der Waals surface area contributed by atoms with Crippen LogP contribution < -0.4 is 21.3 Å². The van der Waals surface area contributed by atoms with Crippen LogP contribution in [-0.2, 0) is 20.7 Å². The van der Waals surface area contributed by atoms with E-state index in [9.17, 15) is 19.2 Å². The summed E-state index contributed by atoms with van der Waals surface area (Å²) in [5, 5.41) is 26.0. The Balaban J connectivity index is 1.09. The van der Waals surface area contributed by atoms with Crippen molar-refractivity contribution in [2.24, 2.45) is 11.8 Å². The molecule has 14 heteroatoms. The summed E-state index contributed by atoms with van der Waals surface area (Å²) in [5.74, 6) is -0.168. The number of aromatic nitrogens is 4. The van der Waals surface area contributed by atoms with E-state index in [0.717, 1.165) is 54.7 Å². The van der Waals surface area contributed by atoms with Gasteiger partial charge in [-0.2, -0.15) is 5.21 Å². The van der Waals surface area contributed by atoms with Crippen molar-refractivity contribution in [3.8, 4) is 22.5 Å². The van der Waals surface area contributed by atoms with Gasteiger partial charge in [0.05, 0.1) is 0 Å². The molecule has 0 radical (unpaired) electrons. The highest BCUT2D eigenvalue weighted by Crippen LogP contribution is 2.29. The van der Waals surface area contributed by atoms with Gasteiger partial charge in [-0.1, -0.05) is 36.4 Å². The molecule has 2 heterocycles. The molecule has 0 bridgehead atoms. The molecule has 56 heavy (non-hydrogen) atoms. The zero-order valence-corrected chi connectivity index (χ0v) is 32.5. The Kier molecular flexibility index (Phi) is 13.4. The zero-order valence-electron chi connectivity index (χ0n) is 32.5. The second-order valence-corrected chi connectivity index (χ2v) is 15.8. The number of likely N-dealkylation sites (tertiary alicyclic amines) is 1. The number of H-pyrrole nitrogens is 1. The molecule has 296 valence electrons. The summed E-state index contributed by atoms with van der Waals surface area (Å²) < 4.78 is 5.36. The van der Waals surface area contributed by atoms with Gasteiger partial charge in [-0.3, -0.25) is 14.4 Å². The number of alkyl carbamates (subject to hydrolysis) is 1. The third-order valence-electron chi connectivity index (χ3n) is 10.3. The number of carbonyl (C=O) groups excluding carboxylic acids is 4. The van der Waals surface area contributed by atoms with Crippen molar-refractivity contribution in [1.82, 2.24) is 41.5 Å². The van der Waals surface area contributed by atoms with Gasteiger partial charge in [0.25, 0.3) is 5.91 Å². The number of ether oxygens (including phenoxy) is 1. The molecule has 14 nitrogen and oxygen atoms in total. The van der Waals surface area contributed by atoms with Gasteiger partial charge in [0.1, 0.15) is 11.6 Å². The molecule has 6 rings (SSSR count). The van der Waals surface area contributed by atoms with E-state index in [4.69, 9.17) is 4.74 Å². The molecule has 2 fully saturated rings. The average molecular weight is 764 g/mol. The first-order chi connectivity index (χ1) is 27.0. The maximum atomic E-state index is 13.9. The smallest absolute Gasteiger partial charge is 0.407 e. The minimum Gasteiger partial charge on any atom is -0.444 e. The van der Waals surface area contributed by atoms with Gasteiger partial charge < -0.3 is 30.9 Å². The van der Waals surface area contributed by atoms with Gasteiger partial charge in [0.15, 0.2) is 0 Å². The number of nitrogens with zero attached hydrogens (tertiary/aromatic N) is 4. The Morgan fingerprint density at radius 1 is 0.875 bits per heavy atom. The summed E-state index contributed by atoms with van der Waals surface area (Å²) in [4.78, 5) is 54.9. The Hall–Kier alpha value is -5.63. The van der Waals surface area contributed by atoms with Crippen molar-refractivity contribution >= 4 is 29.5 Å². The Morgan fingerprint density at radius 2 is 1.59 bits per heavy atom. The summed E-state index contributed by atoms with van der Waals surface area (Å²) in [7, 11) is 0. The second-order valence-electron chi connectivity index (χ2n) is 15.8. The molecule has 3 aromatic carbocycles. The lowest BCUT2D eigenvalue weighted by Crippen LogP contribution is -2.48. The first-order valence-electron chi connectivity index (χ1n) is 19.6. The molecule has 1 aromatic heterocycles. The number of aromatic amines is 1. The summed E-state index contributed by atoms with van der Waals surface area (Å²) in [5.41, 5.74) is 4.07. The number of hydrogen-bond acceptors (Lipinski definition) is 9. The molecule has 2 aliphatic rings. The highest BCUT2D eigenvalue weighted by molar-refractivity contribution is 5.98. The highest BCUT2D eigenvalue weighted by atomic mass is 16.6. The first kappa shape index (κ1) is 40.0. The maximum absolute atomic E-state index is 13.9. The molecule has 1 aliphatic carbocycles. The summed E-state index contributed by atoms with van der Waals surface area (Å²) in [6.45, 7) is 9.64. The number of amides is 4. The van der Waals surface area contributed by atoms with Crippen LogP contribution >= 0.6 is 0 Å². The van der Waals surface area contributed by atoms with Crippen molar-refractivity contribution in [3.05, 3.63) is 83.9 Å². The fourth-order valence-electron chi connectivity index (χ4n) is 7.25. The number of carbonyl (C=O) groups is 4. The number of anilines is 1. The molecule has 1 saturated carbocycles. The van der Waals surface area contributed by atoms with Crippen molar-refractivity contribution in [1.29, 1.82) is 0 Å². The minimum absolute atomic E-state index is 0.0931. The first-order valence-corrected chi connectivity index (χ1v) is 19.6. The molecule has 1 saturated heterocycles. The minimum atomic E-state index is -0.854. The number of nitrogens with one attached hydrogen (secondary N) is 5. The lowest BCUT2D eigenvalue weighted by Gasteiger charge is -2.29. The Labute approximate surface area is 327 Å². The van der Waals surface area contributed by atoms with Crippen LogP contribution in [0.25, 0.3) is 22.5 Å². The van der Waals surface area contributed by atoms with E-state index in [-0.39, 0.29) is 36.0 Å². The SMILES string of the molecule is CC(C)(C)OC(=O)NCC1CCC(C(=O)NC(Cc2cccc(-c3ccc(C(=O)NCCN4CCCC4)cc3)c2)C(=O)Nc2ccc(-c3nn[nH]n3)cc2)CC1. The van der Waals surface area contributed by atoms with E-state index < -0.39 is 17.7 Å². The predicted octanol–water partition coefficient (Wildman–Crippen LogP) is 5.36. The maximum Gasteiger partial charge on any atom is 0.407 e. The fraction of sp³-hybridized carbons (Fsp3) is 0.452. The summed E-state index contributed by atoms with van der Waals surface area (Å²) >= 11 is 0. The molecular weight excluding hydrogens is 711 g/mol. The van der Waals surface area contributed by atoms with Gasteiger partial charge in [-0.15, -0.1) is 10.2 Å². The average Bonchev–Trinajstić information content (AvgIpc) is 3.93. The van der Waals surface area contributed by atoms with Gasteiger partial charge in [-0.25, -0.2) is 4.79 Å². The van der Waals surface area contributed by atoms with E-state index in [0.29, 0.717) is 43.0 Å². The van der Waals surface area contributed by atoms with Crippen LogP contribution in [0.2, 0.25) is 0 Å². The van der Waals surface area contributed by atoms with Crippen molar-refractivity contribution in [3.63, 3.8) is 0 Å². The monoisotopic (exact) mass is 763 g/mol. The van der Waals surface area contributed by atoms with Crippen molar-refractivity contribution < 1.29 is 23.9 Å². The molecule has 1 unspecified atom stereocenters. The molecular formula is C42H53N9O5. The largest absolute Gasteiger partial charge is 0.444 e. The van der Waals surface area contributed by atoms with Gasteiger partial charge in [-0.05, 0) is 137 Å². The standard InChI is InChI=1S/C42H53N9O5/c1-42(2,3)56-41(55)44-27-28-9-11-33(12-10-28)39(53)46-36(40(54)45-35-19-17-31(18-20-35)37-47-49-50-48-37)26-29-7-6-8-34(25-29)30-13-15-32(16-14-30)38(52)43-21-24-51-22-4-5-23-51/h6-8,13-20,25,28,33,36H,4-5,9-12,21-24,26-27H2,1-3H3,(H,43,52)(H,44,55)(H,45,54)(H,46,53)(H,47,48,49,50). The van der Waals surface area contributed by atoms with Crippen LogP contribution in [-0.4, -0.2) is 93.7 Å². The molecule has 4 aromatic rings. The van der Waals surface area contributed by atoms with Crippen LogP contribution in [0, 0.1) is 11.8 Å². The number of rotatable bonds is 14. The van der Waals surface area contributed by atoms with Crippen LogP contribution in [0.5, 0.6) is 0 Å². The van der Waals surface area contributed by atoms with Gasteiger partial charge in [0, 0.05) is 48.8 Å². The molecule has 1 atom stereocenters. The van der Waals surface area contributed by atoms with Crippen molar-refractivity contribution in [2.45, 2.75) is 77.4 Å². The molecule has 0 spiro atoms. The van der Waals surface area contributed by atoms with E-state index in [1.807, 2.05) is 69.3 Å². The Morgan fingerprint density at radius 3 is 2.27 bits per heavy atom. The molecule has 1 aliphatic heterocycles. The molecule has 4 amide bonds. The normalized spacial score (nSPS) is 17.8. The zero-order chi connectivity index (χ0) is 39.5. The quantitative estimate of drug-likeness (QED) is 0.113. The van der Waals surface area contributed by atoms with E-state index in [1.165, 1.54) is 12.8 Å². The molecule has 5 N–H and O–H groups in total. The van der Waals surface area contributed by atoms with Gasteiger partial charge >= 0.3 is 6.09 Å². The van der Waals surface area contributed by atoms with Crippen LogP contribution in [0.15, 0.2) is 72.8 Å². The fourth-order valence-corrected chi connectivity index (χ4v) is 7.25. The van der Waals surface area contributed by atoms with E-state index >= 15 is 0 Å². The number of benzene rings is 3. The number of tetrazole rings is 1. The second kappa shape index (κ2) is 18.8. The van der Waals surface area contributed by atoms with Gasteiger partial charge in [0.2, 0.25) is 17.6 Å². The predicted molar refractivity (Wildman–Crippen MR) is 213 cm³/mol. The van der Waals surface area contributed by atoms with Crippen LogP contribution in [0.1, 0.15) is 75.2 Å². The lowest BCUT2D eigenvalue weighted by atomic mass is 9.81. The third-order valence-corrected chi connectivity index (χ3v) is 10.3.